The lowest BCUT2D eigenvalue weighted by molar-refractivity contribution is -0.173. The largest absolute Gasteiger partial charge is 0.410 e. The van der Waals surface area contributed by atoms with E-state index in [0.717, 1.165) is 32.4 Å². The van der Waals surface area contributed by atoms with Crippen molar-refractivity contribution in [1.82, 2.24) is 20.1 Å². The van der Waals surface area contributed by atoms with Gasteiger partial charge < -0.3 is 15.6 Å². The molecule has 10 heteroatoms. The van der Waals surface area contributed by atoms with Gasteiger partial charge in [0.1, 0.15) is 5.82 Å². The molecule has 2 aromatic heterocycles. The molecule has 1 aliphatic heterocycles. The number of hydrogen-bond acceptors (Lipinski definition) is 3. The van der Waals surface area contributed by atoms with Crippen molar-refractivity contribution in [2.24, 2.45) is 0 Å². The van der Waals surface area contributed by atoms with E-state index >= 15 is 0 Å². The number of benzene rings is 2. The summed E-state index contributed by atoms with van der Waals surface area (Å²) >= 11 is 6.00. The molecular formula is C24H21ClF3N5O. The lowest BCUT2D eigenvalue weighted by atomic mass is 9.96. The van der Waals surface area contributed by atoms with Crippen LogP contribution in [0.1, 0.15) is 45.8 Å². The van der Waals surface area contributed by atoms with E-state index in [9.17, 15) is 18.0 Å². The van der Waals surface area contributed by atoms with E-state index in [-0.39, 0.29) is 24.5 Å². The molecule has 6 nitrogen and oxygen atoms in total. The number of nitrogens with zero attached hydrogens (tertiary/aromatic N) is 2. The summed E-state index contributed by atoms with van der Waals surface area (Å²) in [6.45, 7) is 2.08. The number of aryl methyl sites for hydroxylation is 1. The number of aromatic nitrogens is 3. The number of fused-ring (bicyclic) bond motifs is 2. The Morgan fingerprint density at radius 1 is 1.18 bits per heavy atom. The lowest BCUT2D eigenvalue weighted by Gasteiger charge is -2.33. The molecule has 0 fully saturated rings. The number of H-pyrrole nitrogens is 1. The minimum Gasteiger partial charge on any atom is -0.363 e. The first-order chi connectivity index (χ1) is 16.2. The van der Waals surface area contributed by atoms with Crippen LogP contribution in [-0.4, -0.2) is 26.8 Å². The van der Waals surface area contributed by atoms with Crippen molar-refractivity contribution in [3.63, 3.8) is 0 Å². The fourth-order valence-electron chi connectivity index (χ4n) is 4.23. The predicted octanol–water partition coefficient (Wildman–Crippen LogP) is 5.92. The van der Waals surface area contributed by atoms with Gasteiger partial charge in [0.05, 0.1) is 12.6 Å². The number of rotatable bonds is 4. The summed E-state index contributed by atoms with van der Waals surface area (Å²) in [4.78, 5) is 15.9. The monoisotopic (exact) mass is 487 g/mol. The summed E-state index contributed by atoms with van der Waals surface area (Å²) in [5.41, 5.74) is 3.29. The van der Waals surface area contributed by atoms with Crippen molar-refractivity contribution in [3.8, 4) is 0 Å². The van der Waals surface area contributed by atoms with Crippen molar-refractivity contribution < 1.29 is 18.0 Å². The number of carbonyl (C=O) groups excluding carboxylic acids is 1. The minimum absolute atomic E-state index is 0.0829. The Labute approximate surface area is 198 Å². The quantitative estimate of drug-likeness (QED) is 0.334. The van der Waals surface area contributed by atoms with Crippen LogP contribution in [0, 0.1) is 6.92 Å². The fourth-order valence-corrected chi connectivity index (χ4v) is 4.41. The van der Waals surface area contributed by atoms with Crippen LogP contribution in [0.25, 0.3) is 10.9 Å². The summed E-state index contributed by atoms with van der Waals surface area (Å²) in [6.07, 6.45) is -4.73. The van der Waals surface area contributed by atoms with Gasteiger partial charge >= 0.3 is 6.18 Å². The van der Waals surface area contributed by atoms with Gasteiger partial charge in [0.25, 0.3) is 5.91 Å². The van der Waals surface area contributed by atoms with Crippen molar-refractivity contribution >= 4 is 34.2 Å². The second kappa shape index (κ2) is 8.39. The van der Waals surface area contributed by atoms with E-state index in [1.807, 2.05) is 43.3 Å². The van der Waals surface area contributed by atoms with E-state index in [4.69, 9.17) is 11.6 Å². The van der Waals surface area contributed by atoms with Gasteiger partial charge in [0.15, 0.2) is 11.7 Å². The minimum atomic E-state index is -4.51. The van der Waals surface area contributed by atoms with Crippen molar-refractivity contribution in [1.29, 1.82) is 0 Å². The summed E-state index contributed by atoms with van der Waals surface area (Å²) < 4.78 is 42.5. The zero-order chi connectivity index (χ0) is 24.0. The number of anilines is 1. The zero-order valence-electron chi connectivity index (χ0n) is 18.1. The highest BCUT2D eigenvalue weighted by Gasteiger charge is 2.46. The average molecular weight is 488 g/mol. The lowest BCUT2D eigenvalue weighted by Crippen LogP contribution is -2.35. The van der Waals surface area contributed by atoms with Crippen LogP contribution < -0.4 is 10.6 Å². The maximum Gasteiger partial charge on any atom is 0.410 e. The van der Waals surface area contributed by atoms with Gasteiger partial charge in [-0.15, -0.1) is 0 Å². The van der Waals surface area contributed by atoms with Crippen LogP contribution in [0.2, 0.25) is 5.02 Å². The molecule has 0 radical (unpaired) electrons. The molecule has 0 saturated heterocycles. The molecule has 34 heavy (non-hydrogen) atoms. The summed E-state index contributed by atoms with van der Waals surface area (Å²) in [6, 6.07) is 13.6. The van der Waals surface area contributed by atoms with E-state index in [0.29, 0.717) is 5.02 Å². The average Bonchev–Trinajstić information content (AvgIpc) is 3.40. The molecule has 2 atom stereocenters. The van der Waals surface area contributed by atoms with Crippen LogP contribution >= 0.6 is 11.6 Å². The van der Waals surface area contributed by atoms with Gasteiger partial charge in [0, 0.05) is 34.1 Å². The summed E-state index contributed by atoms with van der Waals surface area (Å²) in [7, 11) is 0. The van der Waals surface area contributed by atoms with Crippen LogP contribution in [-0.2, 0) is 6.54 Å². The number of amides is 1. The SMILES string of the molecule is Cc1ccc([C@@H]2C[C@H](C(F)(F)F)n3nc(C(=O)NCc4cc5cc(Cl)ccc5[nH]4)cc3N2)cc1. The first-order valence-electron chi connectivity index (χ1n) is 10.7. The third-order valence-electron chi connectivity index (χ3n) is 5.98. The molecule has 3 N–H and O–H groups in total. The molecule has 2 aromatic carbocycles. The molecule has 1 aliphatic rings. The topological polar surface area (TPSA) is 74.7 Å². The van der Waals surface area contributed by atoms with E-state index in [2.05, 4.69) is 20.7 Å². The number of carbonyl (C=O) groups is 1. The molecule has 1 amide bonds. The van der Waals surface area contributed by atoms with Crippen molar-refractivity contribution in [2.45, 2.75) is 38.1 Å². The van der Waals surface area contributed by atoms with Gasteiger partial charge in [-0.2, -0.15) is 18.3 Å². The highest BCUT2D eigenvalue weighted by atomic mass is 35.5. The first kappa shape index (κ1) is 22.3. The number of aromatic amines is 1. The zero-order valence-corrected chi connectivity index (χ0v) is 18.8. The second-order valence-corrected chi connectivity index (χ2v) is 8.91. The number of nitrogens with one attached hydrogen (secondary N) is 3. The molecular weight excluding hydrogens is 467 g/mol. The Hall–Kier alpha value is -3.46. The third-order valence-corrected chi connectivity index (χ3v) is 6.22. The van der Waals surface area contributed by atoms with Crippen molar-refractivity contribution in [3.05, 3.63) is 82.1 Å². The highest BCUT2D eigenvalue weighted by molar-refractivity contribution is 6.31. The third kappa shape index (κ3) is 4.35. The molecule has 4 aromatic rings. The Morgan fingerprint density at radius 2 is 1.94 bits per heavy atom. The summed E-state index contributed by atoms with van der Waals surface area (Å²) in [5.74, 6) is -0.405. The maximum absolute atomic E-state index is 13.9. The van der Waals surface area contributed by atoms with Gasteiger partial charge in [-0.1, -0.05) is 41.4 Å². The van der Waals surface area contributed by atoms with Crippen LogP contribution in [0.5, 0.6) is 0 Å². The van der Waals surface area contributed by atoms with Gasteiger partial charge in [0.2, 0.25) is 0 Å². The molecule has 0 unspecified atom stereocenters. The van der Waals surface area contributed by atoms with E-state index in [1.165, 1.54) is 6.07 Å². The Bertz CT molecular complexity index is 1360. The highest BCUT2D eigenvalue weighted by Crippen LogP contribution is 2.43. The maximum atomic E-state index is 13.9. The van der Waals surface area contributed by atoms with E-state index < -0.39 is 24.2 Å². The number of hydrogen-bond donors (Lipinski definition) is 3. The van der Waals surface area contributed by atoms with Gasteiger partial charge in [-0.05, 0) is 36.8 Å². The smallest absolute Gasteiger partial charge is 0.363 e. The second-order valence-electron chi connectivity index (χ2n) is 8.47. The normalized spacial score (nSPS) is 17.9. The van der Waals surface area contributed by atoms with Crippen LogP contribution in [0.4, 0.5) is 19.0 Å². The van der Waals surface area contributed by atoms with E-state index in [1.54, 1.807) is 12.1 Å². The molecule has 3 heterocycles. The molecule has 176 valence electrons. The first-order valence-corrected chi connectivity index (χ1v) is 11.1. The number of halogens is 4. The Kier molecular flexibility index (Phi) is 5.51. The van der Waals surface area contributed by atoms with Crippen molar-refractivity contribution in [2.75, 3.05) is 5.32 Å². The van der Waals surface area contributed by atoms with Gasteiger partial charge in [-0.25, -0.2) is 4.68 Å². The number of alkyl halides is 3. The van der Waals surface area contributed by atoms with Crippen LogP contribution in [0.3, 0.4) is 0 Å². The standard InChI is InChI=1S/C24H21ClF3N5O/c1-13-2-4-14(5-3-13)19-10-21(24(26,27)28)33-22(31-19)11-20(32-33)23(34)29-12-17-9-15-8-16(25)6-7-18(15)30-17/h2-9,11,19,21,30-31H,10,12H2,1H3,(H,29,34)/t19-,21+/m0/s1. The predicted molar refractivity (Wildman–Crippen MR) is 124 cm³/mol. The molecule has 0 aliphatic carbocycles. The Balaban J connectivity index is 1.36. The fraction of sp³-hybridized carbons (Fsp3) is 0.250. The van der Waals surface area contributed by atoms with Gasteiger partial charge in [-0.3, -0.25) is 4.79 Å². The molecule has 0 bridgehead atoms. The molecule has 0 spiro atoms. The Morgan fingerprint density at radius 3 is 2.68 bits per heavy atom. The molecule has 5 rings (SSSR count). The summed E-state index contributed by atoms with van der Waals surface area (Å²) in [5, 5.41) is 11.3. The molecule has 0 saturated carbocycles. The van der Waals surface area contributed by atoms with Crippen LogP contribution in [0.15, 0.2) is 54.6 Å².